The number of benzene rings is 2. The molecule has 1 aromatic heterocycles. The smallest absolute Gasteiger partial charge is 0.359 e. The Labute approximate surface area is 187 Å². The predicted octanol–water partition coefficient (Wildman–Crippen LogP) is 4.39. The fraction of sp³-hybridized carbons (Fsp3) is 0.360. The highest BCUT2D eigenvalue weighted by Crippen LogP contribution is 2.18. The number of hydrogen-bond donors (Lipinski definition) is 1. The maximum Gasteiger partial charge on any atom is 0.359 e. The summed E-state index contributed by atoms with van der Waals surface area (Å²) in [5, 5.41) is 7.87. The first kappa shape index (κ1) is 23.2. The van der Waals surface area contributed by atoms with Gasteiger partial charge in [-0.25, -0.2) is 9.48 Å². The lowest BCUT2D eigenvalue weighted by Gasteiger charge is -2.12. The second-order valence-electron chi connectivity index (χ2n) is 7.85. The van der Waals surface area contributed by atoms with Crippen molar-refractivity contribution in [3.8, 4) is 0 Å². The Morgan fingerprint density at radius 2 is 1.75 bits per heavy atom. The highest BCUT2D eigenvalue weighted by Gasteiger charge is 2.19. The van der Waals surface area contributed by atoms with Gasteiger partial charge in [-0.2, -0.15) is 5.10 Å². The summed E-state index contributed by atoms with van der Waals surface area (Å²) in [6.07, 6.45) is 3.94. The minimum atomic E-state index is -0.736. The van der Waals surface area contributed by atoms with Crippen LogP contribution in [-0.4, -0.2) is 28.3 Å². The average molecular weight is 436 g/mol. The molecule has 3 rings (SSSR count). The fourth-order valence-electron chi connectivity index (χ4n) is 3.50. The third kappa shape index (κ3) is 5.41. The Bertz CT molecular complexity index is 1180. The highest BCUT2D eigenvalue weighted by molar-refractivity contribution is 6.03. The topological polar surface area (TPSA) is 90.3 Å². The number of fused-ring (bicyclic) bond motifs is 1. The van der Waals surface area contributed by atoms with Gasteiger partial charge in [0, 0.05) is 17.6 Å². The standard InChI is InChI=1S/C25H29N3O4/c1-4-5-6-9-15-28-24(30)20-13-8-7-12-19(20)23(27-28)25(31)32-16-22(29)26-21-14-10-11-17(2)18(21)3/h7-8,10-14H,4-6,9,15-16H2,1-3H3,(H,26,29). The van der Waals surface area contributed by atoms with Crippen molar-refractivity contribution in [2.45, 2.75) is 53.0 Å². The number of hydrogen-bond acceptors (Lipinski definition) is 5. The first-order valence-electron chi connectivity index (χ1n) is 11.0. The Kier molecular flexibility index (Phi) is 7.76. The Balaban J connectivity index is 1.76. The van der Waals surface area contributed by atoms with Crippen LogP contribution >= 0.6 is 0 Å². The van der Waals surface area contributed by atoms with Crippen LogP contribution in [0.25, 0.3) is 10.8 Å². The molecule has 0 atom stereocenters. The second kappa shape index (κ2) is 10.7. The number of nitrogens with one attached hydrogen (secondary N) is 1. The van der Waals surface area contributed by atoms with Crippen molar-refractivity contribution in [3.05, 3.63) is 69.6 Å². The van der Waals surface area contributed by atoms with E-state index in [-0.39, 0.29) is 11.3 Å². The molecule has 0 saturated heterocycles. The maximum absolute atomic E-state index is 12.8. The quantitative estimate of drug-likeness (QED) is 0.398. The molecule has 1 heterocycles. The van der Waals surface area contributed by atoms with Crippen molar-refractivity contribution in [3.63, 3.8) is 0 Å². The van der Waals surface area contributed by atoms with Gasteiger partial charge in [0.1, 0.15) is 0 Å². The Morgan fingerprint density at radius 1 is 1.00 bits per heavy atom. The van der Waals surface area contributed by atoms with Crippen LogP contribution < -0.4 is 10.9 Å². The average Bonchev–Trinajstić information content (AvgIpc) is 2.79. The summed E-state index contributed by atoms with van der Waals surface area (Å²) in [4.78, 5) is 37.9. The van der Waals surface area contributed by atoms with E-state index in [1.54, 1.807) is 30.3 Å². The van der Waals surface area contributed by atoms with Gasteiger partial charge in [0.15, 0.2) is 12.3 Å². The first-order chi connectivity index (χ1) is 15.4. The molecule has 0 aliphatic heterocycles. The van der Waals surface area contributed by atoms with Gasteiger partial charge in [0.2, 0.25) is 0 Å². The van der Waals surface area contributed by atoms with E-state index >= 15 is 0 Å². The summed E-state index contributed by atoms with van der Waals surface area (Å²) in [7, 11) is 0. The van der Waals surface area contributed by atoms with Crippen molar-refractivity contribution in [2.75, 3.05) is 11.9 Å². The number of ether oxygens (including phenoxy) is 1. The lowest BCUT2D eigenvalue weighted by atomic mass is 10.1. The van der Waals surface area contributed by atoms with Crippen LogP contribution in [0.15, 0.2) is 47.3 Å². The van der Waals surface area contributed by atoms with Crippen LogP contribution in [-0.2, 0) is 16.1 Å². The zero-order valence-corrected chi connectivity index (χ0v) is 18.8. The third-order valence-electron chi connectivity index (χ3n) is 5.50. The molecule has 3 aromatic rings. The summed E-state index contributed by atoms with van der Waals surface area (Å²) < 4.78 is 6.57. The largest absolute Gasteiger partial charge is 0.451 e. The van der Waals surface area contributed by atoms with Crippen LogP contribution in [0.2, 0.25) is 0 Å². The number of rotatable bonds is 9. The molecule has 32 heavy (non-hydrogen) atoms. The van der Waals surface area contributed by atoms with Crippen molar-refractivity contribution < 1.29 is 14.3 Å². The number of esters is 1. The van der Waals surface area contributed by atoms with Crippen LogP contribution in [0.5, 0.6) is 0 Å². The molecule has 0 unspecified atom stereocenters. The van der Waals surface area contributed by atoms with Gasteiger partial charge in [0.25, 0.3) is 11.5 Å². The van der Waals surface area contributed by atoms with E-state index in [0.717, 1.165) is 36.8 Å². The molecule has 0 saturated carbocycles. The van der Waals surface area contributed by atoms with Crippen molar-refractivity contribution in [1.29, 1.82) is 0 Å². The molecule has 0 spiro atoms. The molecule has 1 amide bonds. The fourth-order valence-corrected chi connectivity index (χ4v) is 3.50. The van der Waals surface area contributed by atoms with Crippen molar-refractivity contribution >= 4 is 28.3 Å². The number of anilines is 1. The summed E-state index contributed by atoms with van der Waals surface area (Å²) in [5.74, 6) is -1.18. The number of nitrogens with zero attached hydrogens (tertiary/aromatic N) is 2. The van der Waals surface area contributed by atoms with Crippen LogP contribution in [0.1, 0.15) is 54.2 Å². The number of unbranched alkanes of at least 4 members (excludes halogenated alkanes) is 3. The number of aromatic nitrogens is 2. The molecule has 0 fully saturated rings. The van der Waals surface area contributed by atoms with E-state index in [1.165, 1.54) is 4.68 Å². The van der Waals surface area contributed by atoms with Crippen LogP contribution in [0, 0.1) is 13.8 Å². The number of aryl methyl sites for hydroxylation is 2. The molecule has 0 aliphatic carbocycles. The lowest BCUT2D eigenvalue weighted by molar-refractivity contribution is -0.119. The van der Waals surface area contributed by atoms with E-state index in [4.69, 9.17) is 4.74 Å². The van der Waals surface area contributed by atoms with Gasteiger partial charge >= 0.3 is 5.97 Å². The molecule has 2 aromatic carbocycles. The Morgan fingerprint density at radius 3 is 2.50 bits per heavy atom. The number of carbonyl (C=O) groups is 2. The predicted molar refractivity (Wildman–Crippen MR) is 125 cm³/mol. The minimum absolute atomic E-state index is 0.0372. The molecule has 0 bridgehead atoms. The van der Waals surface area contributed by atoms with E-state index in [2.05, 4.69) is 17.3 Å². The number of amides is 1. The van der Waals surface area contributed by atoms with Crippen LogP contribution in [0.3, 0.4) is 0 Å². The van der Waals surface area contributed by atoms with E-state index in [0.29, 0.717) is 23.0 Å². The van der Waals surface area contributed by atoms with Crippen molar-refractivity contribution in [2.24, 2.45) is 0 Å². The molecule has 1 N–H and O–H groups in total. The lowest BCUT2D eigenvalue weighted by Crippen LogP contribution is -2.28. The van der Waals surface area contributed by atoms with Gasteiger partial charge in [-0.05, 0) is 43.5 Å². The summed E-state index contributed by atoms with van der Waals surface area (Å²) in [5.41, 5.74) is 2.48. The van der Waals surface area contributed by atoms with E-state index in [9.17, 15) is 14.4 Å². The van der Waals surface area contributed by atoms with Gasteiger partial charge in [-0.15, -0.1) is 0 Å². The SMILES string of the molecule is CCCCCCn1nc(C(=O)OCC(=O)Nc2cccc(C)c2C)c2ccccc2c1=O. The zero-order chi connectivity index (χ0) is 23.1. The summed E-state index contributed by atoms with van der Waals surface area (Å²) >= 11 is 0. The third-order valence-corrected chi connectivity index (χ3v) is 5.50. The molecular weight excluding hydrogens is 406 g/mol. The molecule has 7 heteroatoms. The van der Waals surface area contributed by atoms with Crippen LogP contribution in [0.4, 0.5) is 5.69 Å². The molecule has 0 aliphatic rings. The van der Waals surface area contributed by atoms with E-state index < -0.39 is 18.5 Å². The Hall–Kier alpha value is -3.48. The highest BCUT2D eigenvalue weighted by atomic mass is 16.5. The molecule has 168 valence electrons. The minimum Gasteiger partial charge on any atom is -0.451 e. The van der Waals surface area contributed by atoms with Crippen molar-refractivity contribution in [1.82, 2.24) is 9.78 Å². The van der Waals surface area contributed by atoms with E-state index in [1.807, 2.05) is 26.0 Å². The first-order valence-corrected chi connectivity index (χ1v) is 11.0. The van der Waals surface area contributed by atoms with Gasteiger partial charge < -0.3 is 10.1 Å². The molecule has 0 radical (unpaired) electrons. The summed E-state index contributed by atoms with van der Waals surface area (Å²) in [6.45, 7) is 5.97. The maximum atomic E-state index is 12.8. The zero-order valence-electron chi connectivity index (χ0n) is 18.8. The normalized spacial score (nSPS) is 10.8. The second-order valence-corrected chi connectivity index (χ2v) is 7.85. The molecular formula is C25H29N3O4. The monoisotopic (exact) mass is 435 g/mol. The summed E-state index contributed by atoms with van der Waals surface area (Å²) in [6, 6.07) is 12.4. The van der Waals surface area contributed by atoms with Gasteiger partial charge in [0.05, 0.1) is 5.39 Å². The number of carbonyl (C=O) groups excluding carboxylic acids is 2. The molecule has 7 nitrogen and oxygen atoms in total. The van der Waals surface area contributed by atoms with Gasteiger partial charge in [-0.3, -0.25) is 9.59 Å². The van der Waals surface area contributed by atoms with Gasteiger partial charge in [-0.1, -0.05) is 56.5 Å².